The molecule has 0 unspecified atom stereocenters. The van der Waals surface area contributed by atoms with E-state index in [1.807, 2.05) is 0 Å². The Labute approximate surface area is 86.1 Å². The van der Waals surface area contributed by atoms with Crippen LogP contribution in [0, 0.1) is 0 Å². The Morgan fingerprint density at radius 3 is 2.53 bits per heavy atom. The summed E-state index contributed by atoms with van der Waals surface area (Å²) in [4.78, 5) is 14.4. The molecular weight excluding hydrogens is 202 g/mol. The van der Waals surface area contributed by atoms with Crippen LogP contribution < -0.4 is 0 Å². The third-order valence-electron chi connectivity index (χ3n) is 1.66. The van der Waals surface area contributed by atoms with Crippen molar-refractivity contribution in [2.24, 2.45) is 0 Å². The molecular formula is C9H11NO5. The molecule has 0 fully saturated rings. The Bertz CT molecular complexity index is 315. The zero-order chi connectivity index (χ0) is 11.1. The Morgan fingerprint density at radius 1 is 1.27 bits per heavy atom. The molecule has 0 spiro atoms. The molecule has 0 aliphatic heterocycles. The first-order valence-electron chi connectivity index (χ1n) is 4.16. The minimum Gasteiger partial charge on any atom is -0.463 e. The Kier molecular flexibility index (Phi) is 4.72. The molecule has 1 rings (SSSR count). The summed E-state index contributed by atoms with van der Waals surface area (Å²) < 4.78 is 4.57. The van der Waals surface area contributed by atoms with Gasteiger partial charge in [-0.3, -0.25) is 15.2 Å². The van der Waals surface area contributed by atoms with Gasteiger partial charge in [0.1, 0.15) is 6.61 Å². The summed E-state index contributed by atoms with van der Waals surface area (Å²) in [6.45, 7) is 0.563. The zero-order valence-corrected chi connectivity index (χ0v) is 7.87. The molecule has 0 saturated carbocycles. The summed E-state index contributed by atoms with van der Waals surface area (Å²) in [5.41, 5.74) is 1.53. The van der Waals surface area contributed by atoms with Gasteiger partial charge in [0.25, 0.3) is 6.47 Å². The molecule has 6 heteroatoms. The molecule has 0 bridgehead atoms. The molecule has 0 radical (unpaired) electrons. The first-order chi connectivity index (χ1) is 7.22. The van der Waals surface area contributed by atoms with E-state index < -0.39 is 0 Å². The maximum absolute atomic E-state index is 9.96. The number of nitrogens with zero attached hydrogens (tertiary/aromatic N) is 1. The smallest absolute Gasteiger partial charge is 0.293 e. The van der Waals surface area contributed by atoms with Gasteiger partial charge in [0.15, 0.2) is 0 Å². The van der Waals surface area contributed by atoms with Gasteiger partial charge in [-0.05, 0) is 11.1 Å². The molecule has 0 amide bonds. The van der Waals surface area contributed by atoms with Crippen molar-refractivity contribution in [1.29, 1.82) is 0 Å². The van der Waals surface area contributed by atoms with E-state index in [0.717, 1.165) is 11.1 Å². The number of hydrogen-bond donors (Lipinski definition) is 2. The second kappa shape index (κ2) is 6.10. The summed E-state index contributed by atoms with van der Waals surface area (Å²) >= 11 is 0. The van der Waals surface area contributed by atoms with Crippen molar-refractivity contribution in [3.8, 4) is 0 Å². The van der Waals surface area contributed by atoms with Crippen LogP contribution in [0.1, 0.15) is 11.1 Å². The van der Waals surface area contributed by atoms with Gasteiger partial charge in [0.05, 0.1) is 12.0 Å². The summed E-state index contributed by atoms with van der Waals surface area (Å²) in [6.07, 6.45) is 0. The van der Waals surface area contributed by atoms with Gasteiger partial charge in [0.2, 0.25) is 0 Å². The number of benzene rings is 1. The SMILES string of the molecule is O=COCc1cccc(CON(O)O)c1. The van der Waals surface area contributed by atoms with E-state index >= 15 is 0 Å². The van der Waals surface area contributed by atoms with Crippen molar-refractivity contribution >= 4 is 6.47 Å². The lowest BCUT2D eigenvalue weighted by Gasteiger charge is -2.07. The molecule has 0 atom stereocenters. The van der Waals surface area contributed by atoms with E-state index in [-0.39, 0.29) is 18.6 Å². The first-order valence-corrected chi connectivity index (χ1v) is 4.16. The fourth-order valence-corrected chi connectivity index (χ4v) is 1.07. The predicted octanol–water partition coefficient (Wildman–Crippen LogP) is 0.872. The summed E-state index contributed by atoms with van der Waals surface area (Å²) in [5.74, 6) is 0. The van der Waals surface area contributed by atoms with Crippen molar-refractivity contribution in [3.05, 3.63) is 35.4 Å². The average Bonchev–Trinajstić information content (AvgIpc) is 2.24. The monoisotopic (exact) mass is 213 g/mol. The molecule has 82 valence electrons. The minimum absolute atomic E-state index is 0.0158. The van der Waals surface area contributed by atoms with Gasteiger partial charge in [-0.15, -0.1) is 0 Å². The number of hydrogen-bond acceptors (Lipinski definition) is 6. The van der Waals surface area contributed by atoms with E-state index in [9.17, 15) is 4.79 Å². The van der Waals surface area contributed by atoms with Crippen LogP contribution in [-0.4, -0.2) is 22.3 Å². The fraction of sp³-hybridized carbons (Fsp3) is 0.222. The lowest BCUT2D eigenvalue weighted by Crippen LogP contribution is -2.13. The van der Waals surface area contributed by atoms with Gasteiger partial charge < -0.3 is 4.74 Å². The molecule has 1 aromatic carbocycles. The number of ether oxygens (including phenoxy) is 1. The lowest BCUT2D eigenvalue weighted by atomic mass is 10.1. The number of carbonyl (C=O) groups excluding carboxylic acids is 1. The Hall–Kier alpha value is -1.47. The second-order valence-electron chi connectivity index (χ2n) is 2.75. The van der Waals surface area contributed by atoms with Crippen LogP contribution in [0.5, 0.6) is 0 Å². The van der Waals surface area contributed by atoms with Crippen molar-refractivity contribution < 1.29 is 24.8 Å². The molecule has 6 nitrogen and oxygen atoms in total. The van der Waals surface area contributed by atoms with Gasteiger partial charge >= 0.3 is 0 Å². The van der Waals surface area contributed by atoms with E-state index in [4.69, 9.17) is 10.4 Å². The molecule has 0 aliphatic rings. The van der Waals surface area contributed by atoms with E-state index in [0.29, 0.717) is 6.47 Å². The molecule has 15 heavy (non-hydrogen) atoms. The highest BCUT2D eigenvalue weighted by Crippen LogP contribution is 2.07. The summed E-state index contributed by atoms with van der Waals surface area (Å²) in [7, 11) is 0. The van der Waals surface area contributed by atoms with Crippen molar-refractivity contribution in [2.45, 2.75) is 13.2 Å². The topological polar surface area (TPSA) is 79.2 Å². The summed E-state index contributed by atoms with van der Waals surface area (Å²) in [5, 5.41) is 16.3. The van der Waals surface area contributed by atoms with Crippen LogP contribution in [0.15, 0.2) is 24.3 Å². The van der Waals surface area contributed by atoms with Gasteiger partial charge in [0, 0.05) is 0 Å². The fourth-order valence-electron chi connectivity index (χ4n) is 1.07. The molecule has 1 aromatic rings. The highest BCUT2D eigenvalue weighted by Gasteiger charge is 1.99. The van der Waals surface area contributed by atoms with E-state index in [1.54, 1.807) is 24.3 Å². The predicted molar refractivity (Wildman–Crippen MR) is 47.5 cm³/mol. The maximum Gasteiger partial charge on any atom is 0.293 e. The molecule has 0 heterocycles. The Balaban J connectivity index is 2.53. The summed E-state index contributed by atoms with van der Waals surface area (Å²) in [6, 6.07) is 7.00. The van der Waals surface area contributed by atoms with Gasteiger partial charge in [-0.25, -0.2) is 4.84 Å². The standard InChI is InChI=1S/C9H11NO5/c11-7-14-5-8-2-1-3-9(4-8)6-15-10(12)13/h1-4,7,12-13H,5-6H2. The van der Waals surface area contributed by atoms with Crippen LogP contribution in [0.3, 0.4) is 0 Å². The molecule has 0 saturated heterocycles. The maximum atomic E-state index is 9.96. The van der Waals surface area contributed by atoms with Gasteiger partial charge in [-0.2, -0.15) is 0 Å². The van der Waals surface area contributed by atoms with Crippen molar-refractivity contribution in [3.63, 3.8) is 0 Å². The van der Waals surface area contributed by atoms with Crippen molar-refractivity contribution in [2.75, 3.05) is 0 Å². The third-order valence-corrected chi connectivity index (χ3v) is 1.66. The minimum atomic E-state index is -0.353. The molecule has 2 N–H and O–H groups in total. The largest absolute Gasteiger partial charge is 0.463 e. The highest BCUT2D eigenvalue weighted by molar-refractivity contribution is 5.37. The van der Waals surface area contributed by atoms with Gasteiger partial charge in [-0.1, -0.05) is 24.3 Å². The first kappa shape index (κ1) is 11.6. The van der Waals surface area contributed by atoms with Crippen LogP contribution in [0.4, 0.5) is 0 Å². The van der Waals surface area contributed by atoms with E-state index in [1.165, 1.54) is 0 Å². The average molecular weight is 213 g/mol. The highest BCUT2D eigenvalue weighted by atomic mass is 17.1. The van der Waals surface area contributed by atoms with E-state index in [2.05, 4.69) is 9.57 Å². The quantitative estimate of drug-likeness (QED) is 0.539. The third kappa shape index (κ3) is 4.52. The van der Waals surface area contributed by atoms with Crippen LogP contribution in [-0.2, 0) is 27.6 Å². The number of carbonyl (C=O) groups is 1. The zero-order valence-electron chi connectivity index (χ0n) is 7.87. The Morgan fingerprint density at radius 2 is 1.93 bits per heavy atom. The number of rotatable bonds is 6. The normalized spacial score (nSPS) is 10.3. The second-order valence-corrected chi connectivity index (χ2v) is 2.75. The molecule has 0 aromatic heterocycles. The van der Waals surface area contributed by atoms with Crippen molar-refractivity contribution in [1.82, 2.24) is 5.39 Å². The van der Waals surface area contributed by atoms with Crippen LogP contribution in [0.2, 0.25) is 0 Å². The van der Waals surface area contributed by atoms with Crippen LogP contribution >= 0.6 is 0 Å². The lowest BCUT2D eigenvalue weighted by molar-refractivity contribution is -0.497. The van der Waals surface area contributed by atoms with Crippen LogP contribution in [0.25, 0.3) is 0 Å². The molecule has 0 aliphatic carbocycles.